The second-order valence-corrected chi connectivity index (χ2v) is 7.56. The zero-order valence-corrected chi connectivity index (χ0v) is 16.4. The molecule has 0 amide bonds. The third-order valence-corrected chi connectivity index (χ3v) is 4.89. The number of hydrogen-bond acceptors (Lipinski definition) is 8. The van der Waals surface area contributed by atoms with Crippen LogP contribution in [0, 0.1) is 12.8 Å². The van der Waals surface area contributed by atoms with Gasteiger partial charge in [0.15, 0.2) is 22.4 Å². The molecule has 7 nitrogen and oxygen atoms in total. The first kappa shape index (κ1) is 19.2. The zero-order valence-electron chi connectivity index (χ0n) is 15.5. The molecular formula is C19H22N2O5S. The van der Waals surface area contributed by atoms with Crippen molar-refractivity contribution in [3.05, 3.63) is 34.3 Å². The number of nitrogens with zero attached hydrogens (tertiary/aromatic N) is 1. The fraction of sp³-hybridized carbons (Fsp3) is 0.421. The van der Waals surface area contributed by atoms with Gasteiger partial charge in [-0.3, -0.25) is 4.79 Å². The monoisotopic (exact) mass is 390 g/mol. The molecule has 1 aliphatic heterocycles. The summed E-state index contributed by atoms with van der Waals surface area (Å²) in [6.45, 7) is 7.10. The van der Waals surface area contributed by atoms with Crippen LogP contribution in [-0.4, -0.2) is 43.1 Å². The van der Waals surface area contributed by atoms with Crippen LogP contribution in [-0.2, 0) is 4.74 Å². The van der Waals surface area contributed by atoms with Crippen LogP contribution in [0.25, 0.3) is 0 Å². The third-order valence-electron chi connectivity index (χ3n) is 3.79. The molecule has 0 unspecified atom stereocenters. The first-order chi connectivity index (χ1) is 12.9. The molecular weight excluding hydrogens is 368 g/mol. The van der Waals surface area contributed by atoms with E-state index >= 15 is 0 Å². The number of carbonyl (C=O) groups excluding carboxylic acids is 2. The van der Waals surface area contributed by atoms with E-state index < -0.39 is 0 Å². The molecule has 3 rings (SSSR count). The molecule has 0 atom stereocenters. The van der Waals surface area contributed by atoms with Gasteiger partial charge in [-0.1, -0.05) is 25.2 Å². The summed E-state index contributed by atoms with van der Waals surface area (Å²) >= 11 is 1.19. The number of anilines is 1. The Hall–Kier alpha value is -2.61. The molecule has 27 heavy (non-hydrogen) atoms. The Balaban J connectivity index is 1.61. The highest BCUT2D eigenvalue weighted by Gasteiger charge is 2.19. The number of ketones is 1. The fourth-order valence-electron chi connectivity index (χ4n) is 2.44. The van der Waals surface area contributed by atoms with Gasteiger partial charge in [0.1, 0.15) is 18.1 Å². The molecule has 0 saturated heterocycles. The first-order valence-electron chi connectivity index (χ1n) is 8.75. The molecule has 144 valence electrons. The molecule has 0 fully saturated rings. The number of benzene rings is 1. The largest absolute Gasteiger partial charge is 0.486 e. The quantitative estimate of drug-likeness (QED) is 0.573. The van der Waals surface area contributed by atoms with Crippen molar-refractivity contribution in [2.45, 2.75) is 20.8 Å². The Bertz CT molecular complexity index is 847. The summed E-state index contributed by atoms with van der Waals surface area (Å²) in [5.41, 5.74) is 1.11. The minimum absolute atomic E-state index is 0.0626. The predicted octanol–water partition coefficient (Wildman–Crippen LogP) is 3.33. The van der Waals surface area contributed by atoms with Crippen LogP contribution in [0.1, 0.15) is 39.6 Å². The zero-order chi connectivity index (χ0) is 19.4. The molecule has 1 aliphatic rings. The van der Waals surface area contributed by atoms with Crippen LogP contribution >= 0.6 is 11.3 Å². The van der Waals surface area contributed by atoms with Crippen LogP contribution in [0.3, 0.4) is 0 Å². The van der Waals surface area contributed by atoms with Crippen LogP contribution < -0.4 is 14.8 Å². The Morgan fingerprint density at radius 1 is 1.26 bits per heavy atom. The summed E-state index contributed by atoms with van der Waals surface area (Å²) in [4.78, 5) is 29.3. The van der Waals surface area contributed by atoms with Crippen molar-refractivity contribution in [2.24, 2.45) is 5.92 Å². The highest BCUT2D eigenvalue weighted by Crippen LogP contribution is 2.31. The van der Waals surface area contributed by atoms with Crippen LogP contribution in [0.2, 0.25) is 0 Å². The summed E-state index contributed by atoms with van der Waals surface area (Å²) in [5, 5.41) is 3.49. The van der Waals surface area contributed by atoms with E-state index in [0.717, 1.165) is 0 Å². The van der Waals surface area contributed by atoms with Gasteiger partial charge in [0.05, 0.1) is 18.8 Å². The van der Waals surface area contributed by atoms with Crippen molar-refractivity contribution >= 4 is 28.2 Å². The SMILES string of the molecule is Cc1nc(NCC(=O)c2ccc3c(c2)OCCO3)sc1C(=O)OCC(C)C. The Morgan fingerprint density at radius 2 is 2.00 bits per heavy atom. The minimum atomic E-state index is -0.384. The van der Waals surface area contributed by atoms with Crippen LogP contribution in [0.15, 0.2) is 18.2 Å². The van der Waals surface area contributed by atoms with Gasteiger partial charge in [0.25, 0.3) is 0 Å². The summed E-state index contributed by atoms with van der Waals surface area (Å²) in [5.74, 6) is 0.996. The minimum Gasteiger partial charge on any atom is -0.486 e. The lowest BCUT2D eigenvalue weighted by Crippen LogP contribution is -2.17. The Morgan fingerprint density at radius 3 is 2.74 bits per heavy atom. The number of nitrogens with one attached hydrogen (secondary N) is 1. The molecule has 0 saturated carbocycles. The number of esters is 1. The summed E-state index contributed by atoms with van der Waals surface area (Å²) < 4.78 is 16.2. The van der Waals surface area contributed by atoms with Crippen LogP contribution in [0.5, 0.6) is 11.5 Å². The number of aryl methyl sites for hydroxylation is 1. The van der Waals surface area contributed by atoms with Crippen molar-refractivity contribution in [1.29, 1.82) is 0 Å². The van der Waals surface area contributed by atoms with Crippen molar-refractivity contribution in [2.75, 3.05) is 31.7 Å². The van der Waals surface area contributed by atoms with Crippen molar-refractivity contribution in [3.8, 4) is 11.5 Å². The average Bonchev–Trinajstić information content (AvgIpc) is 3.04. The van der Waals surface area contributed by atoms with Gasteiger partial charge in [-0.2, -0.15) is 0 Å². The normalized spacial score (nSPS) is 12.7. The molecule has 1 aromatic carbocycles. The summed E-state index contributed by atoms with van der Waals surface area (Å²) in [6.07, 6.45) is 0. The number of hydrogen-bond donors (Lipinski definition) is 1. The molecule has 0 aliphatic carbocycles. The van der Waals surface area contributed by atoms with Gasteiger partial charge in [-0.05, 0) is 31.0 Å². The molecule has 2 heterocycles. The number of carbonyl (C=O) groups is 2. The molecule has 0 spiro atoms. The Labute approximate surface area is 161 Å². The maximum Gasteiger partial charge on any atom is 0.350 e. The van der Waals surface area contributed by atoms with E-state index in [9.17, 15) is 9.59 Å². The second-order valence-electron chi connectivity index (χ2n) is 6.56. The van der Waals surface area contributed by atoms with Gasteiger partial charge < -0.3 is 19.5 Å². The number of thiazole rings is 1. The van der Waals surface area contributed by atoms with E-state index in [1.54, 1.807) is 25.1 Å². The molecule has 8 heteroatoms. The molecule has 1 aromatic heterocycles. The predicted molar refractivity (Wildman–Crippen MR) is 102 cm³/mol. The second kappa shape index (κ2) is 8.39. The lowest BCUT2D eigenvalue weighted by molar-refractivity contribution is 0.0463. The highest BCUT2D eigenvalue weighted by atomic mass is 32.1. The maximum atomic E-state index is 12.4. The van der Waals surface area contributed by atoms with Gasteiger partial charge >= 0.3 is 5.97 Å². The smallest absolute Gasteiger partial charge is 0.350 e. The van der Waals surface area contributed by atoms with E-state index in [1.165, 1.54) is 11.3 Å². The lowest BCUT2D eigenvalue weighted by Gasteiger charge is -2.18. The van der Waals surface area contributed by atoms with E-state index in [4.69, 9.17) is 14.2 Å². The summed E-state index contributed by atoms with van der Waals surface area (Å²) in [7, 11) is 0. The van der Waals surface area contributed by atoms with Crippen molar-refractivity contribution in [1.82, 2.24) is 4.98 Å². The lowest BCUT2D eigenvalue weighted by atomic mass is 10.1. The number of aromatic nitrogens is 1. The van der Waals surface area contributed by atoms with Gasteiger partial charge in [-0.15, -0.1) is 0 Å². The average molecular weight is 390 g/mol. The van der Waals surface area contributed by atoms with Crippen molar-refractivity contribution in [3.63, 3.8) is 0 Å². The third kappa shape index (κ3) is 4.77. The van der Waals surface area contributed by atoms with Gasteiger partial charge in [0.2, 0.25) is 0 Å². The number of ether oxygens (including phenoxy) is 3. The maximum absolute atomic E-state index is 12.4. The number of rotatable bonds is 7. The molecule has 1 N–H and O–H groups in total. The highest BCUT2D eigenvalue weighted by molar-refractivity contribution is 7.17. The van der Waals surface area contributed by atoms with Gasteiger partial charge in [-0.25, -0.2) is 9.78 Å². The van der Waals surface area contributed by atoms with E-state index in [0.29, 0.717) is 52.6 Å². The number of fused-ring (bicyclic) bond motifs is 1. The number of Topliss-reactive ketones (excluding diaryl/α,β-unsaturated/α-hetero) is 1. The topological polar surface area (TPSA) is 86.8 Å². The van der Waals surface area contributed by atoms with Crippen molar-refractivity contribution < 1.29 is 23.8 Å². The first-order valence-corrected chi connectivity index (χ1v) is 9.57. The molecule has 2 aromatic rings. The molecule has 0 bridgehead atoms. The molecule has 0 radical (unpaired) electrons. The van der Waals surface area contributed by atoms with E-state index in [1.807, 2.05) is 13.8 Å². The summed E-state index contributed by atoms with van der Waals surface area (Å²) in [6, 6.07) is 5.12. The Kier molecular flexibility index (Phi) is 5.95. The van der Waals surface area contributed by atoms with E-state index in [-0.39, 0.29) is 24.2 Å². The van der Waals surface area contributed by atoms with E-state index in [2.05, 4.69) is 10.3 Å². The fourth-order valence-corrected chi connectivity index (χ4v) is 3.30. The standard InChI is InChI=1S/C19H22N2O5S/c1-11(2)10-26-18(23)17-12(3)21-19(27-17)20-9-14(22)13-4-5-15-16(8-13)25-7-6-24-15/h4-5,8,11H,6-7,9-10H2,1-3H3,(H,20,21). The van der Waals surface area contributed by atoms with Gasteiger partial charge in [0, 0.05) is 5.56 Å². The van der Waals surface area contributed by atoms with Crippen LogP contribution in [0.4, 0.5) is 5.13 Å².